The summed E-state index contributed by atoms with van der Waals surface area (Å²) in [6.45, 7) is 8.99. The van der Waals surface area contributed by atoms with Crippen molar-refractivity contribution in [2.24, 2.45) is 5.92 Å². The van der Waals surface area contributed by atoms with Crippen LogP contribution in [0, 0.1) is 5.92 Å². The van der Waals surface area contributed by atoms with Crippen molar-refractivity contribution in [1.82, 2.24) is 5.32 Å². The fourth-order valence-electron chi connectivity index (χ4n) is 2.26. The molecule has 0 aromatic rings. The second kappa shape index (κ2) is 2.94. The van der Waals surface area contributed by atoms with Crippen molar-refractivity contribution in [1.29, 1.82) is 0 Å². The lowest BCUT2D eigenvalue weighted by atomic mass is 9.95. The zero-order valence-electron chi connectivity index (χ0n) is 8.72. The molecule has 2 atom stereocenters. The largest absolute Gasteiger partial charge is 0.381 e. The summed E-state index contributed by atoms with van der Waals surface area (Å²) >= 11 is 0. The van der Waals surface area contributed by atoms with E-state index < -0.39 is 0 Å². The molecule has 2 aliphatic rings. The second-order valence-corrected chi connectivity index (χ2v) is 4.97. The van der Waals surface area contributed by atoms with Crippen LogP contribution in [0.4, 0.5) is 0 Å². The number of hydrogen-bond acceptors (Lipinski definition) is 3. The highest BCUT2D eigenvalue weighted by atomic mass is 16.5. The van der Waals surface area contributed by atoms with Crippen LogP contribution in [0.1, 0.15) is 27.2 Å². The van der Waals surface area contributed by atoms with Crippen LogP contribution in [0.25, 0.3) is 0 Å². The zero-order chi connectivity index (χ0) is 9.53. The van der Waals surface area contributed by atoms with E-state index in [0.29, 0.717) is 5.92 Å². The summed E-state index contributed by atoms with van der Waals surface area (Å²) in [5.74, 6) is 0.509. The monoisotopic (exact) mass is 185 g/mol. The molecule has 2 saturated heterocycles. The molecule has 2 aliphatic heterocycles. The molecule has 2 rings (SSSR count). The summed E-state index contributed by atoms with van der Waals surface area (Å²) < 4.78 is 11.2. The van der Waals surface area contributed by atoms with Crippen molar-refractivity contribution in [3.05, 3.63) is 0 Å². The van der Waals surface area contributed by atoms with Gasteiger partial charge in [-0.2, -0.15) is 0 Å². The maximum atomic E-state index is 5.85. The third kappa shape index (κ3) is 1.73. The van der Waals surface area contributed by atoms with Gasteiger partial charge in [-0.15, -0.1) is 0 Å². The minimum Gasteiger partial charge on any atom is -0.381 e. The molecule has 1 N–H and O–H groups in total. The highest BCUT2D eigenvalue weighted by Gasteiger charge is 2.46. The van der Waals surface area contributed by atoms with E-state index in [4.69, 9.17) is 9.47 Å². The Morgan fingerprint density at radius 2 is 2.08 bits per heavy atom. The van der Waals surface area contributed by atoms with Crippen LogP contribution in [-0.2, 0) is 9.47 Å². The van der Waals surface area contributed by atoms with Gasteiger partial charge in [0.15, 0.2) is 0 Å². The smallest absolute Gasteiger partial charge is 0.122 e. The Hall–Kier alpha value is -0.120. The summed E-state index contributed by atoms with van der Waals surface area (Å²) in [5, 5.41) is 3.55. The van der Waals surface area contributed by atoms with E-state index in [0.717, 1.165) is 26.2 Å². The van der Waals surface area contributed by atoms with E-state index in [9.17, 15) is 0 Å². The normalized spacial score (nSPS) is 44.1. The topological polar surface area (TPSA) is 30.5 Å². The van der Waals surface area contributed by atoms with Crippen molar-refractivity contribution in [3.63, 3.8) is 0 Å². The van der Waals surface area contributed by atoms with Gasteiger partial charge in [-0.25, -0.2) is 0 Å². The summed E-state index contributed by atoms with van der Waals surface area (Å²) in [4.78, 5) is 0. The Kier molecular flexibility index (Phi) is 2.13. The molecule has 0 aromatic carbocycles. The highest BCUT2D eigenvalue weighted by Crippen LogP contribution is 2.33. The lowest BCUT2D eigenvalue weighted by Gasteiger charge is -2.31. The number of ether oxygens (including phenoxy) is 2. The molecular weight excluding hydrogens is 166 g/mol. The molecule has 13 heavy (non-hydrogen) atoms. The molecule has 76 valence electrons. The molecule has 2 heterocycles. The molecule has 0 aromatic heterocycles. The Labute approximate surface area is 79.8 Å². The highest BCUT2D eigenvalue weighted by molar-refractivity contribution is 4.96. The van der Waals surface area contributed by atoms with Crippen LogP contribution in [-0.4, -0.2) is 31.1 Å². The lowest BCUT2D eigenvalue weighted by molar-refractivity contribution is -0.0446. The van der Waals surface area contributed by atoms with E-state index in [1.54, 1.807) is 0 Å². The lowest BCUT2D eigenvalue weighted by Crippen LogP contribution is -2.51. The van der Waals surface area contributed by atoms with Crippen LogP contribution < -0.4 is 5.32 Å². The van der Waals surface area contributed by atoms with Crippen molar-refractivity contribution in [2.45, 2.75) is 38.5 Å². The number of rotatable bonds is 1. The Bertz CT molecular complexity index is 199. The van der Waals surface area contributed by atoms with Gasteiger partial charge in [0.1, 0.15) is 5.72 Å². The van der Waals surface area contributed by atoms with Gasteiger partial charge in [-0.05, 0) is 27.2 Å². The fourth-order valence-corrected chi connectivity index (χ4v) is 2.26. The van der Waals surface area contributed by atoms with Gasteiger partial charge in [0, 0.05) is 18.1 Å². The summed E-state index contributed by atoms with van der Waals surface area (Å²) in [7, 11) is 0. The standard InChI is InChI=1S/C10H19NO2/c1-9(2)7-13-10(3,11-9)8-4-5-12-6-8/h8,11H,4-7H2,1-3H3. The van der Waals surface area contributed by atoms with Gasteiger partial charge in [-0.3, -0.25) is 5.32 Å². The van der Waals surface area contributed by atoms with Gasteiger partial charge in [-0.1, -0.05) is 0 Å². The van der Waals surface area contributed by atoms with Crippen LogP contribution in [0.5, 0.6) is 0 Å². The van der Waals surface area contributed by atoms with Crippen LogP contribution in [0.3, 0.4) is 0 Å². The Morgan fingerprint density at radius 3 is 2.54 bits per heavy atom. The molecule has 0 bridgehead atoms. The first-order valence-electron chi connectivity index (χ1n) is 5.03. The van der Waals surface area contributed by atoms with Gasteiger partial charge >= 0.3 is 0 Å². The third-order valence-corrected chi connectivity index (χ3v) is 3.03. The zero-order valence-corrected chi connectivity index (χ0v) is 8.72. The van der Waals surface area contributed by atoms with Crippen LogP contribution in [0.15, 0.2) is 0 Å². The first-order valence-corrected chi connectivity index (χ1v) is 5.03. The second-order valence-electron chi connectivity index (χ2n) is 4.97. The molecule has 0 radical (unpaired) electrons. The molecule has 3 nitrogen and oxygen atoms in total. The number of hydrogen-bond donors (Lipinski definition) is 1. The third-order valence-electron chi connectivity index (χ3n) is 3.03. The van der Waals surface area contributed by atoms with E-state index in [2.05, 4.69) is 26.1 Å². The summed E-state index contributed by atoms with van der Waals surface area (Å²) in [6, 6.07) is 0. The minimum absolute atomic E-state index is 0.108. The van der Waals surface area contributed by atoms with Crippen molar-refractivity contribution >= 4 is 0 Å². The minimum atomic E-state index is -0.167. The molecule has 0 spiro atoms. The first-order chi connectivity index (χ1) is 6.02. The van der Waals surface area contributed by atoms with Crippen molar-refractivity contribution in [2.75, 3.05) is 19.8 Å². The predicted molar refractivity (Wildman–Crippen MR) is 50.5 cm³/mol. The molecule has 3 heteroatoms. The molecule has 0 saturated carbocycles. The van der Waals surface area contributed by atoms with E-state index in [1.807, 2.05) is 0 Å². The van der Waals surface area contributed by atoms with Crippen LogP contribution >= 0.6 is 0 Å². The maximum Gasteiger partial charge on any atom is 0.122 e. The van der Waals surface area contributed by atoms with Crippen LogP contribution in [0.2, 0.25) is 0 Å². The summed E-state index contributed by atoms with van der Waals surface area (Å²) in [6.07, 6.45) is 1.11. The van der Waals surface area contributed by atoms with E-state index >= 15 is 0 Å². The molecule has 2 unspecified atom stereocenters. The van der Waals surface area contributed by atoms with E-state index in [1.165, 1.54) is 0 Å². The Balaban J connectivity index is 2.05. The van der Waals surface area contributed by atoms with E-state index in [-0.39, 0.29) is 11.3 Å². The van der Waals surface area contributed by atoms with Gasteiger partial charge in [0.2, 0.25) is 0 Å². The number of nitrogens with one attached hydrogen (secondary N) is 1. The molecule has 2 fully saturated rings. The van der Waals surface area contributed by atoms with Crippen molar-refractivity contribution < 1.29 is 9.47 Å². The quantitative estimate of drug-likeness (QED) is 0.664. The average Bonchev–Trinajstić information content (AvgIpc) is 2.58. The maximum absolute atomic E-state index is 5.85. The SMILES string of the molecule is CC1(C)COC(C)(C2CCOC2)N1. The first kappa shape index (κ1) is 9.44. The predicted octanol–water partition coefficient (Wildman–Crippen LogP) is 1.14. The van der Waals surface area contributed by atoms with Crippen molar-refractivity contribution in [3.8, 4) is 0 Å². The van der Waals surface area contributed by atoms with Gasteiger partial charge < -0.3 is 9.47 Å². The molecule has 0 aliphatic carbocycles. The van der Waals surface area contributed by atoms with Gasteiger partial charge in [0.05, 0.1) is 13.2 Å². The average molecular weight is 185 g/mol. The fraction of sp³-hybridized carbons (Fsp3) is 1.00. The summed E-state index contributed by atoms with van der Waals surface area (Å²) in [5.41, 5.74) is -0.0582. The molecular formula is C10H19NO2. The Morgan fingerprint density at radius 1 is 1.31 bits per heavy atom. The van der Waals surface area contributed by atoms with Gasteiger partial charge in [0.25, 0.3) is 0 Å². The molecule has 0 amide bonds.